The molecule has 0 aromatic carbocycles. The summed E-state index contributed by atoms with van der Waals surface area (Å²) < 4.78 is 0. The molecule has 1 aromatic heterocycles. The summed E-state index contributed by atoms with van der Waals surface area (Å²) in [5.41, 5.74) is 0.324. The Kier molecular flexibility index (Phi) is 3.72. The molecule has 1 aromatic rings. The molecule has 0 fully saturated rings. The Balaban J connectivity index is 2.30. The molecule has 66 valence electrons. The van der Waals surface area contributed by atoms with Crippen molar-refractivity contribution in [2.45, 2.75) is 6.42 Å². The average Bonchev–Trinajstić information content (AvgIpc) is 2.56. The average molecular weight is 233 g/mol. The second-order valence-electron chi connectivity index (χ2n) is 2.15. The number of carbonyl (C=O) groups is 1. The number of carbonyl (C=O) groups excluding carboxylic acids is 1. The van der Waals surface area contributed by atoms with Crippen molar-refractivity contribution in [3.8, 4) is 0 Å². The topological polar surface area (TPSA) is 70.7 Å². The molecule has 0 aliphatic heterocycles. The first-order valence-electron chi connectivity index (χ1n) is 3.54. The van der Waals surface area contributed by atoms with Crippen LogP contribution in [0.4, 0.5) is 0 Å². The number of halogens is 1. The SMILES string of the molecule is O=C(NCCCBr)c1cn[nH]n1. The Morgan fingerprint density at radius 3 is 3.17 bits per heavy atom. The molecule has 2 N–H and O–H groups in total. The lowest BCUT2D eigenvalue weighted by Gasteiger charge is -1.98. The summed E-state index contributed by atoms with van der Waals surface area (Å²) in [6, 6.07) is 0. The first-order chi connectivity index (χ1) is 5.84. The van der Waals surface area contributed by atoms with Crippen molar-refractivity contribution in [2.24, 2.45) is 0 Å². The lowest BCUT2D eigenvalue weighted by molar-refractivity contribution is 0.0949. The summed E-state index contributed by atoms with van der Waals surface area (Å²) in [6.45, 7) is 0.650. The van der Waals surface area contributed by atoms with Crippen LogP contribution in [0.1, 0.15) is 16.9 Å². The van der Waals surface area contributed by atoms with Crippen LogP contribution < -0.4 is 5.32 Å². The van der Waals surface area contributed by atoms with E-state index in [1.165, 1.54) is 6.20 Å². The highest BCUT2D eigenvalue weighted by Crippen LogP contribution is 1.89. The van der Waals surface area contributed by atoms with Crippen LogP contribution >= 0.6 is 15.9 Å². The maximum Gasteiger partial charge on any atom is 0.273 e. The lowest BCUT2D eigenvalue weighted by atomic mass is 10.4. The molecular formula is C6H9BrN4O. The molecule has 5 nitrogen and oxygen atoms in total. The number of amides is 1. The number of hydrogen-bond acceptors (Lipinski definition) is 3. The quantitative estimate of drug-likeness (QED) is 0.581. The molecule has 0 spiro atoms. The van der Waals surface area contributed by atoms with Gasteiger partial charge in [-0.05, 0) is 6.42 Å². The van der Waals surface area contributed by atoms with Gasteiger partial charge in [0.25, 0.3) is 5.91 Å². The summed E-state index contributed by atoms with van der Waals surface area (Å²) >= 11 is 3.26. The minimum absolute atomic E-state index is 0.190. The van der Waals surface area contributed by atoms with Gasteiger partial charge in [0.05, 0.1) is 6.20 Å². The third kappa shape index (κ3) is 2.61. The van der Waals surface area contributed by atoms with Crippen molar-refractivity contribution in [2.75, 3.05) is 11.9 Å². The van der Waals surface area contributed by atoms with Crippen molar-refractivity contribution in [1.82, 2.24) is 20.7 Å². The van der Waals surface area contributed by atoms with E-state index in [1.807, 2.05) is 0 Å². The number of alkyl halides is 1. The smallest absolute Gasteiger partial charge is 0.273 e. The highest BCUT2D eigenvalue weighted by Gasteiger charge is 2.05. The molecular weight excluding hydrogens is 224 g/mol. The molecule has 12 heavy (non-hydrogen) atoms. The van der Waals surface area contributed by atoms with E-state index >= 15 is 0 Å². The van der Waals surface area contributed by atoms with Gasteiger partial charge in [-0.3, -0.25) is 4.79 Å². The van der Waals surface area contributed by atoms with Crippen molar-refractivity contribution >= 4 is 21.8 Å². The van der Waals surface area contributed by atoms with Crippen LogP contribution in [-0.2, 0) is 0 Å². The first-order valence-corrected chi connectivity index (χ1v) is 4.66. The van der Waals surface area contributed by atoms with Crippen LogP contribution in [0.5, 0.6) is 0 Å². The Morgan fingerprint density at radius 1 is 1.75 bits per heavy atom. The predicted molar refractivity (Wildman–Crippen MR) is 47.1 cm³/mol. The normalized spacial score (nSPS) is 9.75. The molecule has 6 heteroatoms. The van der Waals surface area contributed by atoms with E-state index in [0.717, 1.165) is 11.8 Å². The van der Waals surface area contributed by atoms with Gasteiger partial charge in [0.2, 0.25) is 0 Å². The van der Waals surface area contributed by atoms with E-state index in [0.29, 0.717) is 12.2 Å². The van der Waals surface area contributed by atoms with E-state index in [1.54, 1.807) is 0 Å². The van der Waals surface area contributed by atoms with Crippen LogP contribution in [0.2, 0.25) is 0 Å². The maximum absolute atomic E-state index is 11.1. The molecule has 0 saturated carbocycles. The van der Waals surface area contributed by atoms with Crippen molar-refractivity contribution in [1.29, 1.82) is 0 Å². The molecule has 0 atom stereocenters. The maximum atomic E-state index is 11.1. The third-order valence-electron chi connectivity index (χ3n) is 1.24. The number of hydrogen-bond donors (Lipinski definition) is 2. The zero-order chi connectivity index (χ0) is 8.81. The monoisotopic (exact) mass is 232 g/mol. The van der Waals surface area contributed by atoms with E-state index in [2.05, 4.69) is 36.7 Å². The van der Waals surface area contributed by atoms with Crippen LogP contribution in [-0.4, -0.2) is 33.2 Å². The Hall–Kier alpha value is -0.910. The van der Waals surface area contributed by atoms with E-state index in [-0.39, 0.29) is 5.91 Å². The first kappa shape index (κ1) is 9.18. The molecule has 1 amide bonds. The lowest BCUT2D eigenvalue weighted by Crippen LogP contribution is -2.24. The van der Waals surface area contributed by atoms with Crippen LogP contribution in [0.3, 0.4) is 0 Å². The fourth-order valence-electron chi connectivity index (χ4n) is 0.670. The van der Waals surface area contributed by atoms with Gasteiger partial charge < -0.3 is 5.32 Å². The van der Waals surface area contributed by atoms with Gasteiger partial charge in [0.1, 0.15) is 0 Å². The predicted octanol–water partition coefficient (Wildman–Crippen LogP) is 0.319. The largest absolute Gasteiger partial charge is 0.351 e. The number of aromatic nitrogens is 3. The Labute approximate surface area is 78.1 Å². The van der Waals surface area contributed by atoms with Gasteiger partial charge in [0.15, 0.2) is 5.69 Å². The highest BCUT2D eigenvalue weighted by molar-refractivity contribution is 9.09. The number of rotatable bonds is 4. The summed E-state index contributed by atoms with van der Waals surface area (Å²) in [7, 11) is 0. The molecule has 0 bridgehead atoms. The number of nitrogens with one attached hydrogen (secondary N) is 2. The fourth-order valence-corrected chi connectivity index (χ4v) is 0.951. The molecule has 0 unspecified atom stereocenters. The van der Waals surface area contributed by atoms with Gasteiger partial charge in [-0.15, -0.1) is 0 Å². The minimum atomic E-state index is -0.190. The van der Waals surface area contributed by atoms with Gasteiger partial charge in [-0.2, -0.15) is 15.4 Å². The van der Waals surface area contributed by atoms with Crippen molar-refractivity contribution < 1.29 is 4.79 Å². The Morgan fingerprint density at radius 2 is 2.58 bits per heavy atom. The second kappa shape index (κ2) is 4.87. The second-order valence-corrected chi connectivity index (χ2v) is 2.95. The molecule has 0 aliphatic rings. The van der Waals surface area contributed by atoms with E-state index in [4.69, 9.17) is 0 Å². The number of nitrogens with zero attached hydrogens (tertiary/aromatic N) is 2. The van der Waals surface area contributed by atoms with E-state index in [9.17, 15) is 4.79 Å². The van der Waals surface area contributed by atoms with Crippen molar-refractivity contribution in [3.63, 3.8) is 0 Å². The molecule has 1 rings (SSSR count). The summed E-state index contributed by atoms with van der Waals surface area (Å²) in [5.74, 6) is -0.190. The van der Waals surface area contributed by atoms with E-state index < -0.39 is 0 Å². The number of H-pyrrole nitrogens is 1. The minimum Gasteiger partial charge on any atom is -0.351 e. The molecule has 1 heterocycles. The van der Waals surface area contributed by atoms with Gasteiger partial charge in [0, 0.05) is 11.9 Å². The molecule has 0 saturated heterocycles. The zero-order valence-corrected chi connectivity index (χ0v) is 7.97. The summed E-state index contributed by atoms with van der Waals surface area (Å²) in [6.07, 6.45) is 2.30. The van der Waals surface area contributed by atoms with Crippen LogP contribution in [0.25, 0.3) is 0 Å². The van der Waals surface area contributed by atoms with Crippen molar-refractivity contribution in [3.05, 3.63) is 11.9 Å². The molecule has 0 radical (unpaired) electrons. The third-order valence-corrected chi connectivity index (χ3v) is 1.80. The van der Waals surface area contributed by atoms with Crippen LogP contribution in [0, 0.1) is 0 Å². The molecule has 0 aliphatic carbocycles. The zero-order valence-electron chi connectivity index (χ0n) is 6.38. The van der Waals surface area contributed by atoms with Crippen LogP contribution in [0.15, 0.2) is 6.20 Å². The van der Waals surface area contributed by atoms with Gasteiger partial charge in [-0.1, -0.05) is 15.9 Å². The van der Waals surface area contributed by atoms with Gasteiger partial charge >= 0.3 is 0 Å². The summed E-state index contributed by atoms with van der Waals surface area (Å²) in [4.78, 5) is 11.1. The highest BCUT2D eigenvalue weighted by atomic mass is 79.9. The summed E-state index contributed by atoms with van der Waals surface area (Å²) in [5, 5.41) is 13.1. The standard InChI is InChI=1S/C6H9BrN4O/c7-2-1-3-8-6(12)5-4-9-11-10-5/h4H,1-3H2,(H,8,12)(H,9,10,11). The fraction of sp³-hybridized carbons (Fsp3) is 0.500. The van der Waals surface area contributed by atoms with Gasteiger partial charge in [-0.25, -0.2) is 0 Å². The Bertz CT molecular complexity index is 236. The number of aromatic amines is 1.